The Morgan fingerprint density at radius 2 is 2.32 bits per heavy atom. The molecule has 0 saturated carbocycles. The number of nitrogens with zero attached hydrogens (tertiary/aromatic N) is 1. The Morgan fingerprint density at radius 1 is 1.47 bits per heavy atom. The number of rotatable bonds is 6. The van der Waals surface area contributed by atoms with Gasteiger partial charge in [0.25, 0.3) is 5.91 Å². The van der Waals surface area contributed by atoms with Crippen LogP contribution >= 0.6 is 11.3 Å². The minimum atomic E-state index is -0.461. The molecule has 4 nitrogen and oxygen atoms in total. The number of carbonyl (C=O) groups excluding carboxylic acids is 1. The predicted molar refractivity (Wildman–Crippen MR) is 78.3 cm³/mol. The molecule has 2 heterocycles. The molecule has 0 spiro atoms. The van der Waals surface area contributed by atoms with E-state index in [9.17, 15) is 4.79 Å². The fraction of sp³-hybridized carbons (Fsp3) is 0.286. The second-order valence-corrected chi connectivity index (χ2v) is 5.24. The molecular formula is C14H17N3OS. The van der Waals surface area contributed by atoms with Crippen molar-refractivity contribution in [3.63, 3.8) is 0 Å². The fourth-order valence-corrected chi connectivity index (χ4v) is 2.76. The van der Waals surface area contributed by atoms with Crippen molar-refractivity contribution in [2.24, 2.45) is 5.73 Å². The first kappa shape index (κ1) is 13.5. The molecule has 0 aliphatic heterocycles. The maximum Gasteiger partial charge on any atom is 0.252 e. The SMILES string of the molecule is CCCC(Nc1ncccc1C(N)=O)c1cccs1. The van der Waals surface area contributed by atoms with Gasteiger partial charge in [0, 0.05) is 11.1 Å². The van der Waals surface area contributed by atoms with Crippen LogP contribution in [0.5, 0.6) is 0 Å². The van der Waals surface area contributed by atoms with E-state index in [1.54, 1.807) is 29.7 Å². The van der Waals surface area contributed by atoms with Crippen molar-refractivity contribution in [1.82, 2.24) is 4.98 Å². The van der Waals surface area contributed by atoms with E-state index in [2.05, 4.69) is 23.3 Å². The molecule has 0 aliphatic carbocycles. The van der Waals surface area contributed by atoms with E-state index in [1.165, 1.54) is 4.88 Å². The number of nitrogens with two attached hydrogens (primary N) is 1. The zero-order valence-electron chi connectivity index (χ0n) is 10.8. The largest absolute Gasteiger partial charge is 0.365 e. The molecule has 2 aromatic rings. The molecule has 1 unspecified atom stereocenters. The van der Waals surface area contributed by atoms with Crippen LogP contribution in [0.4, 0.5) is 5.82 Å². The number of amides is 1. The lowest BCUT2D eigenvalue weighted by Crippen LogP contribution is -2.17. The van der Waals surface area contributed by atoms with Gasteiger partial charge in [-0.2, -0.15) is 0 Å². The van der Waals surface area contributed by atoms with Gasteiger partial charge in [0.1, 0.15) is 5.82 Å². The molecule has 0 bridgehead atoms. The maximum absolute atomic E-state index is 11.4. The number of pyridine rings is 1. The monoisotopic (exact) mass is 275 g/mol. The normalized spacial score (nSPS) is 12.1. The van der Waals surface area contributed by atoms with Gasteiger partial charge >= 0.3 is 0 Å². The van der Waals surface area contributed by atoms with Crippen LogP contribution < -0.4 is 11.1 Å². The summed E-state index contributed by atoms with van der Waals surface area (Å²) in [5, 5.41) is 5.38. The number of hydrogen-bond donors (Lipinski definition) is 2. The van der Waals surface area contributed by atoms with Gasteiger partial charge in [0.15, 0.2) is 0 Å². The van der Waals surface area contributed by atoms with Gasteiger partial charge in [-0.3, -0.25) is 4.79 Å². The van der Waals surface area contributed by atoms with E-state index < -0.39 is 5.91 Å². The number of aromatic nitrogens is 1. The molecule has 0 saturated heterocycles. The van der Waals surface area contributed by atoms with Gasteiger partial charge in [-0.15, -0.1) is 11.3 Å². The highest BCUT2D eigenvalue weighted by Crippen LogP contribution is 2.27. The summed E-state index contributed by atoms with van der Waals surface area (Å²) in [5.74, 6) is 0.0962. The van der Waals surface area contributed by atoms with Gasteiger partial charge in [-0.25, -0.2) is 4.98 Å². The molecule has 1 amide bonds. The zero-order valence-corrected chi connectivity index (χ0v) is 11.6. The van der Waals surface area contributed by atoms with Crippen molar-refractivity contribution < 1.29 is 4.79 Å². The zero-order chi connectivity index (χ0) is 13.7. The summed E-state index contributed by atoms with van der Waals surface area (Å²) < 4.78 is 0. The highest BCUT2D eigenvalue weighted by Gasteiger charge is 2.15. The van der Waals surface area contributed by atoms with E-state index in [0.717, 1.165) is 12.8 Å². The van der Waals surface area contributed by atoms with Gasteiger partial charge in [0.05, 0.1) is 11.6 Å². The summed E-state index contributed by atoms with van der Waals surface area (Å²) in [6.45, 7) is 2.13. The average Bonchev–Trinajstić information content (AvgIpc) is 2.92. The fourth-order valence-electron chi connectivity index (χ4n) is 1.95. The molecule has 2 aromatic heterocycles. The minimum absolute atomic E-state index is 0.165. The van der Waals surface area contributed by atoms with Crippen molar-refractivity contribution >= 4 is 23.1 Å². The van der Waals surface area contributed by atoms with E-state index >= 15 is 0 Å². The molecule has 2 rings (SSSR count). The molecule has 0 aliphatic rings. The average molecular weight is 275 g/mol. The number of anilines is 1. The highest BCUT2D eigenvalue weighted by atomic mass is 32.1. The Bertz CT molecular complexity index is 539. The van der Waals surface area contributed by atoms with Crippen molar-refractivity contribution in [2.45, 2.75) is 25.8 Å². The summed E-state index contributed by atoms with van der Waals surface area (Å²) in [4.78, 5) is 16.9. The van der Waals surface area contributed by atoms with E-state index in [4.69, 9.17) is 5.73 Å². The van der Waals surface area contributed by atoms with Crippen LogP contribution in [0.15, 0.2) is 35.8 Å². The second-order valence-electron chi connectivity index (χ2n) is 4.26. The molecule has 0 fully saturated rings. The van der Waals surface area contributed by atoms with Crippen LogP contribution in [0.1, 0.15) is 41.0 Å². The van der Waals surface area contributed by atoms with Crippen LogP contribution in [-0.2, 0) is 0 Å². The number of primary amides is 1. The van der Waals surface area contributed by atoms with E-state index in [1.807, 2.05) is 11.4 Å². The summed E-state index contributed by atoms with van der Waals surface area (Å²) in [7, 11) is 0. The Balaban J connectivity index is 2.25. The Labute approximate surface area is 116 Å². The van der Waals surface area contributed by atoms with Gasteiger partial charge in [0.2, 0.25) is 0 Å². The maximum atomic E-state index is 11.4. The van der Waals surface area contributed by atoms with Crippen LogP contribution in [0.3, 0.4) is 0 Å². The van der Waals surface area contributed by atoms with Crippen LogP contribution in [0, 0.1) is 0 Å². The van der Waals surface area contributed by atoms with Gasteiger partial charge < -0.3 is 11.1 Å². The number of hydrogen-bond acceptors (Lipinski definition) is 4. The van der Waals surface area contributed by atoms with E-state index in [0.29, 0.717) is 11.4 Å². The third kappa shape index (κ3) is 3.32. The third-order valence-corrected chi connectivity index (χ3v) is 3.83. The molecule has 0 radical (unpaired) electrons. The number of thiophene rings is 1. The lowest BCUT2D eigenvalue weighted by atomic mass is 10.1. The molecule has 1 atom stereocenters. The summed E-state index contributed by atoms with van der Waals surface area (Å²) in [5.41, 5.74) is 5.80. The lowest BCUT2D eigenvalue weighted by Gasteiger charge is -2.18. The first-order valence-corrected chi connectivity index (χ1v) is 7.15. The standard InChI is InChI=1S/C14H17N3OS/c1-2-5-11(12-7-4-9-19-12)17-14-10(13(15)18)6-3-8-16-14/h3-4,6-9,11H,2,5H2,1H3,(H2,15,18)(H,16,17). The Kier molecular flexibility index (Phi) is 4.52. The molecular weight excluding hydrogens is 258 g/mol. The van der Waals surface area contributed by atoms with Crippen molar-refractivity contribution in [1.29, 1.82) is 0 Å². The minimum Gasteiger partial charge on any atom is -0.365 e. The predicted octanol–water partition coefficient (Wildman–Crippen LogP) is 3.20. The number of carbonyl (C=O) groups is 1. The first-order chi connectivity index (χ1) is 9.22. The van der Waals surface area contributed by atoms with E-state index in [-0.39, 0.29) is 6.04 Å². The van der Waals surface area contributed by atoms with Crippen LogP contribution in [0.2, 0.25) is 0 Å². The van der Waals surface area contributed by atoms with Crippen LogP contribution in [0.25, 0.3) is 0 Å². The Hall–Kier alpha value is -1.88. The summed E-state index contributed by atoms with van der Waals surface area (Å²) in [6, 6.07) is 7.68. The van der Waals surface area contributed by atoms with Crippen LogP contribution in [-0.4, -0.2) is 10.9 Å². The second kappa shape index (κ2) is 6.33. The highest BCUT2D eigenvalue weighted by molar-refractivity contribution is 7.10. The van der Waals surface area contributed by atoms with Gasteiger partial charge in [-0.1, -0.05) is 19.4 Å². The molecule has 0 aromatic carbocycles. The van der Waals surface area contributed by atoms with Gasteiger partial charge in [-0.05, 0) is 30.0 Å². The van der Waals surface area contributed by atoms with Crippen molar-refractivity contribution in [3.8, 4) is 0 Å². The third-order valence-electron chi connectivity index (χ3n) is 2.85. The van der Waals surface area contributed by atoms with Crippen molar-refractivity contribution in [3.05, 3.63) is 46.3 Å². The number of nitrogens with one attached hydrogen (secondary N) is 1. The molecule has 5 heteroatoms. The quantitative estimate of drug-likeness (QED) is 0.850. The lowest BCUT2D eigenvalue weighted by molar-refractivity contribution is 0.100. The topological polar surface area (TPSA) is 68.0 Å². The molecule has 19 heavy (non-hydrogen) atoms. The molecule has 100 valence electrons. The smallest absolute Gasteiger partial charge is 0.252 e. The first-order valence-electron chi connectivity index (χ1n) is 6.27. The molecule has 3 N–H and O–H groups in total. The summed E-state index contributed by atoms with van der Waals surface area (Å²) in [6.07, 6.45) is 3.69. The summed E-state index contributed by atoms with van der Waals surface area (Å²) >= 11 is 1.70. The van der Waals surface area contributed by atoms with Crippen molar-refractivity contribution in [2.75, 3.05) is 5.32 Å². The Morgan fingerprint density at radius 3 is 2.95 bits per heavy atom.